The molecule has 1 N–H and O–H groups in total. The maximum Gasteiger partial charge on any atom is 0.328 e. The minimum Gasteiger partial charge on any atom is -0.488 e. The van der Waals surface area contributed by atoms with Crippen LogP contribution in [0.3, 0.4) is 0 Å². The Morgan fingerprint density at radius 1 is 0.951 bits per heavy atom. The zero-order chi connectivity index (χ0) is 30.2. The van der Waals surface area contributed by atoms with E-state index in [1.165, 1.54) is 25.3 Å². The maximum atomic E-state index is 12.9. The quantitative estimate of drug-likeness (QED) is 0.129. The van der Waals surface area contributed by atoms with E-state index in [9.17, 15) is 24.5 Å². The molecule has 0 bridgehead atoms. The summed E-state index contributed by atoms with van der Waals surface area (Å²) in [5.74, 6) is -0.928. The molecule has 2 atom stereocenters. The summed E-state index contributed by atoms with van der Waals surface area (Å²) < 4.78 is 10.7. The van der Waals surface area contributed by atoms with Gasteiger partial charge in [0.1, 0.15) is 17.4 Å². The van der Waals surface area contributed by atoms with E-state index in [0.717, 1.165) is 5.56 Å². The molecule has 0 saturated heterocycles. The highest BCUT2D eigenvalue weighted by atomic mass is 16.6. The Morgan fingerprint density at radius 3 is 2.20 bits per heavy atom. The predicted molar refractivity (Wildman–Crippen MR) is 155 cm³/mol. The number of benzene rings is 3. The Morgan fingerprint density at radius 2 is 1.61 bits per heavy atom. The molecule has 3 rings (SSSR count). The van der Waals surface area contributed by atoms with Crippen LogP contribution in [-0.4, -0.2) is 41.3 Å². The van der Waals surface area contributed by atoms with Crippen molar-refractivity contribution >= 4 is 23.3 Å². The second-order valence-electron chi connectivity index (χ2n) is 10.9. The number of ketones is 1. The van der Waals surface area contributed by atoms with Gasteiger partial charge in [-0.1, -0.05) is 49.4 Å². The van der Waals surface area contributed by atoms with Crippen molar-refractivity contribution in [1.29, 1.82) is 0 Å². The second-order valence-corrected chi connectivity index (χ2v) is 10.9. The number of nitrogens with zero attached hydrogens (tertiary/aromatic N) is 1. The normalized spacial score (nSPS) is 12.6. The fourth-order valence-electron chi connectivity index (χ4n) is 4.40. The van der Waals surface area contributed by atoms with Gasteiger partial charge in [-0.15, -0.1) is 0 Å². The van der Waals surface area contributed by atoms with Gasteiger partial charge in [-0.3, -0.25) is 19.7 Å². The van der Waals surface area contributed by atoms with Crippen molar-refractivity contribution in [2.45, 2.75) is 64.5 Å². The first kappa shape index (κ1) is 31.0. The lowest BCUT2D eigenvalue weighted by Crippen LogP contribution is -2.43. The van der Waals surface area contributed by atoms with Crippen molar-refractivity contribution in [3.8, 4) is 5.75 Å². The topological polar surface area (TPSA) is 125 Å². The lowest BCUT2D eigenvalue weighted by Gasteiger charge is -2.21. The predicted octanol–water partition coefficient (Wildman–Crippen LogP) is 5.79. The van der Waals surface area contributed by atoms with Crippen LogP contribution in [0.1, 0.15) is 73.5 Å². The first-order valence-corrected chi connectivity index (χ1v) is 13.4. The van der Waals surface area contributed by atoms with Crippen molar-refractivity contribution in [2.75, 3.05) is 7.11 Å². The summed E-state index contributed by atoms with van der Waals surface area (Å²) in [5.41, 5.74) is 1.52. The molecule has 0 aliphatic rings. The third-order valence-electron chi connectivity index (χ3n) is 6.47. The molecular weight excluding hydrogens is 524 g/mol. The minimum atomic E-state index is -0.904. The molecule has 0 saturated carbocycles. The van der Waals surface area contributed by atoms with E-state index in [4.69, 9.17) is 9.47 Å². The van der Waals surface area contributed by atoms with Gasteiger partial charge in [0, 0.05) is 35.6 Å². The van der Waals surface area contributed by atoms with Crippen LogP contribution in [-0.2, 0) is 20.7 Å². The van der Waals surface area contributed by atoms with Crippen molar-refractivity contribution in [3.63, 3.8) is 0 Å². The van der Waals surface area contributed by atoms with E-state index in [1.807, 2.05) is 45.0 Å². The summed E-state index contributed by atoms with van der Waals surface area (Å²) in [6, 6.07) is 19.3. The lowest BCUT2D eigenvalue weighted by atomic mass is 9.91. The number of hydrogen-bond donors (Lipinski definition) is 1. The molecule has 3 aromatic carbocycles. The van der Waals surface area contributed by atoms with E-state index in [1.54, 1.807) is 37.3 Å². The van der Waals surface area contributed by atoms with E-state index in [0.29, 0.717) is 22.4 Å². The Balaban J connectivity index is 1.68. The highest BCUT2D eigenvalue weighted by molar-refractivity contribution is 6.09. The van der Waals surface area contributed by atoms with Gasteiger partial charge in [-0.25, -0.2) is 4.79 Å². The SMILES string of the molecule is COC(=O)C(Cc1ccc(OC(C)(C)C)cc1)NC(=O)CCC(C)c1cc(C(=O)c2ccccc2)ccc1[N+](=O)[O-]. The largest absolute Gasteiger partial charge is 0.488 e. The van der Waals surface area contributed by atoms with Gasteiger partial charge in [0.15, 0.2) is 5.78 Å². The van der Waals surface area contributed by atoms with Crippen LogP contribution in [0, 0.1) is 10.1 Å². The van der Waals surface area contributed by atoms with Gasteiger partial charge in [-0.05, 0) is 62.9 Å². The van der Waals surface area contributed by atoms with Gasteiger partial charge < -0.3 is 14.8 Å². The molecule has 41 heavy (non-hydrogen) atoms. The van der Waals surface area contributed by atoms with Crippen molar-refractivity contribution in [3.05, 3.63) is 105 Å². The van der Waals surface area contributed by atoms with Crippen molar-refractivity contribution in [1.82, 2.24) is 5.32 Å². The van der Waals surface area contributed by atoms with Crippen molar-refractivity contribution < 1.29 is 28.8 Å². The molecule has 9 heteroatoms. The van der Waals surface area contributed by atoms with Crippen molar-refractivity contribution in [2.24, 2.45) is 0 Å². The van der Waals surface area contributed by atoms with Gasteiger partial charge in [0.05, 0.1) is 12.0 Å². The fourth-order valence-corrected chi connectivity index (χ4v) is 4.40. The molecule has 0 spiro atoms. The number of amides is 1. The van der Waals surface area contributed by atoms with Gasteiger partial charge in [0.2, 0.25) is 5.91 Å². The molecule has 9 nitrogen and oxygen atoms in total. The Kier molecular flexibility index (Phi) is 10.4. The second kappa shape index (κ2) is 13.7. The van der Waals surface area contributed by atoms with Gasteiger partial charge >= 0.3 is 5.97 Å². The van der Waals surface area contributed by atoms with Crippen LogP contribution < -0.4 is 10.1 Å². The molecule has 0 aliphatic heterocycles. The molecule has 0 fully saturated rings. The maximum absolute atomic E-state index is 12.9. The van der Waals surface area contributed by atoms with Crippen LogP contribution in [0.2, 0.25) is 0 Å². The molecular formula is C32H36N2O7. The molecule has 2 unspecified atom stereocenters. The number of nitro benzene ring substituents is 1. The van der Waals surface area contributed by atoms with E-state index >= 15 is 0 Å². The number of carbonyl (C=O) groups excluding carboxylic acids is 3. The number of methoxy groups -OCH3 is 1. The number of nitrogens with one attached hydrogen (secondary N) is 1. The third-order valence-corrected chi connectivity index (χ3v) is 6.47. The monoisotopic (exact) mass is 560 g/mol. The number of esters is 1. The Hall–Kier alpha value is -4.53. The summed E-state index contributed by atoms with van der Waals surface area (Å²) in [5, 5.41) is 14.4. The van der Waals surface area contributed by atoms with Crippen LogP contribution in [0.25, 0.3) is 0 Å². The van der Waals surface area contributed by atoms with Crippen LogP contribution in [0.15, 0.2) is 72.8 Å². The van der Waals surface area contributed by atoms with E-state index in [2.05, 4.69) is 5.32 Å². The highest BCUT2D eigenvalue weighted by Gasteiger charge is 2.25. The molecule has 216 valence electrons. The third kappa shape index (κ3) is 8.99. The molecule has 1 amide bonds. The smallest absolute Gasteiger partial charge is 0.328 e. The van der Waals surface area contributed by atoms with Gasteiger partial charge in [-0.2, -0.15) is 0 Å². The standard InChI is InChI=1S/C32H36N2O7/c1-21(26-20-24(14-17-28(26)34(38)39)30(36)23-9-7-6-8-10-23)11-18-29(35)33-27(31(37)40-5)19-22-12-15-25(16-13-22)41-32(2,3)4/h6-10,12-17,20-21,27H,11,18-19H2,1-5H3,(H,33,35). The van der Waals surface area contributed by atoms with E-state index < -0.39 is 22.9 Å². The number of hydrogen-bond acceptors (Lipinski definition) is 7. The zero-order valence-electron chi connectivity index (χ0n) is 24.0. The average Bonchev–Trinajstić information content (AvgIpc) is 2.95. The number of ether oxygens (including phenoxy) is 2. The number of carbonyl (C=O) groups is 3. The summed E-state index contributed by atoms with van der Waals surface area (Å²) in [7, 11) is 1.26. The van der Waals surface area contributed by atoms with Gasteiger partial charge in [0.25, 0.3) is 5.69 Å². The zero-order valence-corrected chi connectivity index (χ0v) is 24.0. The first-order valence-electron chi connectivity index (χ1n) is 13.4. The molecule has 3 aromatic rings. The summed E-state index contributed by atoms with van der Waals surface area (Å²) in [6.45, 7) is 7.61. The summed E-state index contributed by atoms with van der Waals surface area (Å²) >= 11 is 0. The Bertz CT molecular complexity index is 1380. The number of nitro groups is 1. The number of rotatable bonds is 12. The van der Waals surface area contributed by atoms with Crippen LogP contribution >= 0.6 is 0 Å². The summed E-state index contributed by atoms with van der Waals surface area (Å²) in [6.07, 6.45) is 0.502. The minimum absolute atomic E-state index is 0.0149. The van der Waals surface area contributed by atoms with E-state index in [-0.39, 0.29) is 42.2 Å². The lowest BCUT2D eigenvalue weighted by molar-refractivity contribution is -0.385. The fraction of sp³-hybridized carbons (Fsp3) is 0.344. The molecule has 0 heterocycles. The molecule has 0 aromatic heterocycles. The Labute approximate surface area is 240 Å². The molecule has 0 aliphatic carbocycles. The highest BCUT2D eigenvalue weighted by Crippen LogP contribution is 2.31. The summed E-state index contributed by atoms with van der Waals surface area (Å²) in [4.78, 5) is 49.4. The van der Waals surface area contributed by atoms with Crippen LogP contribution in [0.4, 0.5) is 5.69 Å². The molecule has 0 radical (unpaired) electrons. The first-order chi connectivity index (χ1) is 19.4. The average molecular weight is 561 g/mol. The van der Waals surface area contributed by atoms with Crippen LogP contribution in [0.5, 0.6) is 5.75 Å².